The van der Waals surface area contributed by atoms with Crippen LogP contribution in [0.15, 0.2) is 28.8 Å². The number of non-ortho nitro benzene ring substituents is 1. The van der Waals surface area contributed by atoms with Gasteiger partial charge < -0.3 is 9.84 Å². The summed E-state index contributed by atoms with van der Waals surface area (Å²) in [7, 11) is 1.82. The van der Waals surface area contributed by atoms with E-state index in [4.69, 9.17) is 4.52 Å². The average Bonchev–Trinajstić information content (AvgIpc) is 2.90. The first-order valence-electron chi connectivity index (χ1n) is 5.91. The number of rotatable bonds is 5. The molecule has 2 rings (SSSR count). The topological polar surface area (TPSA) is 94.1 Å². The van der Waals surface area contributed by atoms with Crippen molar-refractivity contribution < 1.29 is 9.45 Å². The zero-order valence-electron chi connectivity index (χ0n) is 10.7. The predicted molar refractivity (Wildman–Crippen MR) is 68.5 cm³/mol. The average molecular weight is 262 g/mol. The Bertz CT molecular complexity index is 561. The largest absolute Gasteiger partial charge is 0.337 e. The van der Waals surface area contributed by atoms with Gasteiger partial charge in [-0.2, -0.15) is 4.98 Å². The Balaban J connectivity index is 2.25. The maximum absolute atomic E-state index is 10.6. The zero-order chi connectivity index (χ0) is 13.8. The molecule has 100 valence electrons. The fraction of sp³-hybridized carbons (Fsp3) is 0.333. The molecule has 1 N–H and O–H groups in total. The lowest BCUT2D eigenvalue weighted by molar-refractivity contribution is -0.384. The number of nitro benzene ring substituents is 1. The molecule has 0 fully saturated rings. The molecule has 1 unspecified atom stereocenters. The molecule has 7 heteroatoms. The molecule has 7 nitrogen and oxygen atoms in total. The summed E-state index contributed by atoms with van der Waals surface area (Å²) < 4.78 is 5.18. The number of hydrogen-bond acceptors (Lipinski definition) is 6. The Kier molecular flexibility index (Phi) is 3.86. The van der Waals surface area contributed by atoms with E-state index < -0.39 is 4.92 Å². The Morgan fingerprint density at radius 3 is 2.63 bits per heavy atom. The van der Waals surface area contributed by atoms with Gasteiger partial charge in [0.15, 0.2) is 0 Å². The van der Waals surface area contributed by atoms with Gasteiger partial charge >= 0.3 is 0 Å². The molecule has 0 aliphatic rings. The fourth-order valence-corrected chi connectivity index (χ4v) is 1.73. The number of nitrogens with one attached hydrogen (secondary N) is 1. The van der Waals surface area contributed by atoms with Crippen molar-refractivity contribution in [3.63, 3.8) is 0 Å². The van der Waals surface area contributed by atoms with E-state index in [0.29, 0.717) is 17.3 Å². The van der Waals surface area contributed by atoms with E-state index in [2.05, 4.69) is 15.5 Å². The van der Waals surface area contributed by atoms with Gasteiger partial charge in [-0.1, -0.05) is 12.1 Å². The van der Waals surface area contributed by atoms with Crippen molar-refractivity contribution in [1.29, 1.82) is 0 Å². The Labute approximate surface area is 109 Å². The van der Waals surface area contributed by atoms with Gasteiger partial charge in [0.25, 0.3) is 5.69 Å². The first-order chi connectivity index (χ1) is 9.15. The summed E-state index contributed by atoms with van der Waals surface area (Å²) in [5, 5.41) is 17.5. The van der Waals surface area contributed by atoms with Gasteiger partial charge in [-0.3, -0.25) is 10.1 Å². The summed E-state index contributed by atoms with van der Waals surface area (Å²) in [6, 6.07) is 6.06. The van der Waals surface area contributed by atoms with E-state index in [1.165, 1.54) is 12.1 Å². The van der Waals surface area contributed by atoms with E-state index in [-0.39, 0.29) is 11.7 Å². The highest BCUT2D eigenvalue weighted by Gasteiger charge is 2.16. The highest BCUT2D eigenvalue weighted by molar-refractivity contribution is 5.56. The van der Waals surface area contributed by atoms with Crippen molar-refractivity contribution in [1.82, 2.24) is 15.5 Å². The summed E-state index contributed by atoms with van der Waals surface area (Å²) in [4.78, 5) is 14.4. The summed E-state index contributed by atoms with van der Waals surface area (Å²) in [6.07, 6.45) is 0.832. The number of benzene rings is 1. The molecule has 0 radical (unpaired) electrons. The monoisotopic (exact) mass is 262 g/mol. The molecule has 1 aromatic carbocycles. The first-order valence-corrected chi connectivity index (χ1v) is 5.91. The molecular weight excluding hydrogens is 248 g/mol. The predicted octanol–water partition coefficient (Wildman–Crippen LogP) is 2.32. The second-order valence-corrected chi connectivity index (χ2v) is 4.01. The normalized spacial score (nSPS) is 12.3. The fourth-order valence-electron chi connectivity index (χ4n) is 1.73. The summed E-state index contributed by atoms with van der Waals surface area (Å²) in [5.74, 6) is 0.942. The lowest BCUT2D eigenvalue weighted by atomic mass is 10.2. The van der Waals surface area contributed by atoms with E-state index in [1.807, 2.05) is 14.0 Å². The quantitative estimate of drug-likeness (QED) is 0.656. The van der Waals surface area contributed by atoms with Crippen LogP contribution in [-0.2, 0) is 0 Å². The van der Waals surface area contributed by atoms with Gasteiger partial charge in [-0.25, -0.2) is 0 Å². The highest BCUT2D eigenvalue weighted by atomic mass is 16.6. The second-order valence-electron chi connectivity index (χ2n) is 4.01. The molecule has 0 spiro atoms. The SMILES string of the molecule is CCC(NC)c1nc(-c2ccc([N+](=O)[O-])cc2)no1. The minimum Gasteiger partial charge on any atom is -0.337 e. The molecule has 1 atom stereocenters. The maximum Gasteiger partial charge on any atom is 0.269 e. The van der Waals surface area contributed by atoms with Gasteiger partial charge in [0.05, 0.1) is 11.0 Å². The van der Waals surface area contributed by atoms with Crippen LogP contribution in [0.25, 0.3) is 11.4 Å². The van der Waals surface area contributed by atoms with Crippen molar-refractivity contribution in [3.05, 3.63) is 40.3 Å². The summed E-state index contributed by atoms with van der Waals surface area (Å²) >= 11 is 0. The lowest BCUT2D eigenvalue weighted by Crippen LogP contribution is -2.15. The Morgan fingerprint density at radius 1 is 1.42 bits per heavy atom. The van der Waals surface area contributed by atoms with Crippen LogP contribution in [0.4, 0.5) is 5.69 Å². The van der Waals surface area contributed by atoms with Crippen LogP contribution in [0.2, 0.25) is 0 Å². The van der Waals surface area contributed by atoms with E-state index in [9.17, 15) is 10.1 Å². The second kappa shape index (κ2) is 5.57. The molecule has 0 bridgehead atoms. The maximum atomic E-state index is 10.6. The van der Waals surface area contributed by atoms with E-state index in [1.54, 1.807) is 12.1 Å². The highest BCUT2D eigenvalue weighted by Crippen LogP contribution is 2.22. The standard InChI is InChI=1S/C12H14N4O3/c1-3-10(13-2)12-14-11(15-19-12)8-4-6-9(7-5-8)16(17)18/h4-7,10,13H,3H2,1-2H3. The van der Waals surface area contributed by atoms with Crippen molar-refractivity contribution in [2.75, 3.05) is 7.05 Å². The van der Waals surface area contributed by atoms with E-state index >= 15 is 0 Å². The summed E-state index contributed by atoms with van der Waals surface area (Å²) in [5.41, 5.74) is 0.723. The van der Waals surface area contributed by atoms with Crippen LogP contribution < -0.4 is 5.32 Å². The molecule has 0 saturated heterocycles. The van der Waals surface area contributed by atoms with Gasteiger partial charge in [0.1, 0.15) is 0 Å². The third-order valence-corrected chi connectivity index (χ3v) is 2.83. The molecule has 19 heavy (non-hydrogen) atoms. The molecule has 0 aliphatic carbocycles. The van der Waals surface area contributed by atoms with Gasteiger partial charge in [-0.15, -0.1) is 0 Å². The minimum absolute atomic E-state index is 0.0132. The van der Waals surface area contributed by atoms with Crippen molar-refractivity contribution in [2.24, 2.45) is 0 Å². The van der Waals surface area contributed by atoms with Crippen LogP contribution >= 0.6 is 0 Å². The van der Waals surface area contributed by atoms with Crippen molar-refractivity contribution in [3.8, 4) is 11.4 Å². The van der Waals surface area contributed by atoms with Crippen LogP contribution in [0.3, 0.4) is 0 Å². The van der Waals surface area contributed by atoms with Gasteiger partial charge in [-0.05, 0) is 25.6 Å². The number of nitrogens with zero attached hydrogens (tertiary/aromatic N) is 3. The van der Waals surface area contributed by atoms with Crippen LogP contribution in [0.1, 0.15) is 25.3 Å². The number of nitro groups is 1. The van der Waals surface area contributed by atoms with Gasteiger partial charge in [0.2, 0.25) is 11.7 Å². The summed E-state index contributed by atoms with van der Waals surface area (Å²) in [6.45, 7) is 2.01. The van der Waals surface area contributed by atoms with Crippen LogP contribution in [-0.4, -0.2) is 22.1 Å². The number of aromatic nitrogens is 2. The Hall–Kier alpha value is -2.28. The smallest absolute Gasteiger partial charge is 0.269 e. The number of hydrogen-bond donors (Lipinski definition) is 1. The molecular formula is C12H14N4O3. The molecule has 0 saturated carbocycles. The molecule has 2 aromatic rings. The van der Waals surface area contributed by atoms with Crippen LogP contribution in [0.5, 0.6) is 0 Å². The molecule has 1 heterocycles. The molecule has 0 aliphatic heterocycles. The van der Waals surface area contributed by atoms with Crippen molar-refractivity contribution in [2.45, 2.75) is 19.4 Å². The lowest BCUT2D eigenvalue weighted by Gasteiger charge is -2.06. The molecule has 0 amide bonds. The minimum atomic E-state index is -0.445. The third-order valence-electron chi connectivity index (χ3n) is 2.83. The Morgan fingerprint density at radius 2 is 2.11 bits per heavy atom. The van der Waals surface area contributed by atoms with Crippen molar-refractivity contribution >= 4 is 5.69 Å². The molecule has 1 aromatic heterocycles. The van der Waals surface area contributed by atoms with Gasteiger partial charge in [0, 0.05) is 17.7 Å². The zero-order valence-corrected chi connectivity index (χ0v) is 10.7. The van der Waals surface area contributed by atoms with E-state index in [0.717, 1.165) is 6.42 Å². The third kappa shape index (κ3) is 2.76. The van der Waals surface area contributed by atoms with Crippen LogP contribution in [0, 0.1) is 10.1 Å². The first kappa shape index (κ1) is 13.2.